The summed E-state index contributed by atoms with van der Waals surface area (Å²) in [6, 6.07) is 0. The maximum atomic E-state index is 12.3. The van der Waals surface area contributed by atoms with Crippen molar-refractivity contribution in [2.45, 2.75) is 63.3 Å². The lowest BCUT2D eigenvalue weighted by Crippen LogP contribution is -2.39. The third-order valence-corrected chi connectivity index (χ3v) is 7.37. The number of hydrogen-bond donors (Lipinski definition) is 1. The minimum atomic E-state index is -0.155. The lowest BCUT2D eigenvalue weighted by Gasteiger charge is -2.31. The van der Waals surface area contributed by atoms with Crippen molar-refractivity contribution in [1.82, 2.24) is 25.0 Å². The van der Waals surface area contributed by atoms with Crippen molar-refractivity contribution in [2.75, 3.05) is 50.0 Å². The van der Waals surface area contributed by atoms with Crippen molar-refractivity contribution in [3.05, 3.63) is 0 Å². The van der Waals surface area contributed by atoms with Crippen molar-refractivity contribution < 1.29 is 14.3 Å². The van der Waals surface area contributed by atoms with Crippen molar-refractivity contribution in [3.63, 3.8) is 0 Å². The van der Waals surface area contributed by atoms with Gasteiger partial charge in [-0.25, -0.2) is 0 Å². The molecule has 0 spiro atoms. The smallest absolute Gasteiger partial charge is 0.241 e. The summed E-state index contributed by atoms with van der Waals surface area (Å²) in [5.74, 6) is 1.69. The summed E-state index contributed by atoms with van der Waals surface area (Å²) in [7, 11) is 0. The summed E-state index contributed by atoms with van der Waals surface area (Å²) in [6.45, 7) is 7.44. The number of rotatable bonds is 8. The Morgan fingerprint density at radius 2 is 1.87 bits per heavy atom. The molecule has 0 aromatic carbocycles. The van der Waals surface area contributed by atoms with E-state index >= 15 is 0 Å². The van der Waals surface area contributed by atoms with E-state index in [-0.39, 0.29) is 30.2 Å². The van der Waals surface area contributed by atoms with Gasteiger partial charge in [-0.3, -0.25) is 14.2 Å². The summed E-state index contributed by atoms with van der Waals surface area (Å²) >= 11 is 1.38. The van der Waals surface area contributed by atoms with Crippen LogP contribution in [0.25, 0.3) is 0 Å². The Hall–Kier alpha value is -1.81. The monoisotopic (exact) mass is 450 g/mol. The highest BCUT2D eigenvalue weighted by Gasteiger charge is 2.26. The molecular formula is C21H34N6O3S. The van der Waals surface area contributed by atoms with Gasteiger partial charge in [0.25, 0.3) is 0 Å². The molecule has 1 aromatic rings. The molecule has 1 unspecified atom stereocenters. The molecule has 1 aromatic heterocycles. The first kappa shape index (κ1) is 22.4. The predicted octanol–water partition coefficient (Wildman–Crippen LogP) is 1.52. The number of aromatic nitrogens is 3. The van der Waals surface area contributed by atoms with Gasteiger partial charge < -0.3 is 19.9 Å². The van der Waals surface area contributed by atoms with Crippen LogP contribution in [0.2, 0.25) is 0 Å². The standard InChI is InChI=1S/C21H34N6O3S/c1-16-6-10-26(11-7-16)20-23-24-21(27(20)14-17-5-4-12-30-17)31-15-18(28)22-13-19(29)25-8-2-3-9-25/h16-17H,2-15H2,1H3,(H,22,28). The molecule has 172 valence electrons. The third-order valence-electron chi connectivity index (χ3n) is 6.40. The van der Waals surface area contributed by atoms with Crippen LogP contribution in [0.3, 0.4) is 0 Å². The molecule has 4 heterocycles. The maximum Gasteiger partial charge on any atom is 0.241 e. The molecule has 1 N–H and O–H groups in total. The lowest BCUT2D eigenvalue weighted by atomic mass is 10.00. The Bertz CT molecular complexity index is 752. The fourth-order valence-corrected chi connectivity index (χ4v) is 5.19. The molecule has 31 heavy (non-hydrogen) atoms. The molecule has 3 aliphatic heterocycles. The highest BCUT2D eigenvalue weighted by Crippen LogP contribution is 2.28. The fraction of sp³-hybridized carbons (Fsp3) is 0.810. The zero-order valence-corrected chi connectivity index (χ0v) is 19.2. The van der Waals surface area contributed by atoms with Crippen LogP contribution in [-0.2, 0) is 20.9 Å². The Morgan fingerprint density at radius 3 is 2.58 bits per heavy atom. The molecule has 1 atom stereocenters. The SMILES string of the molecule is CC1CCN(c2nnc(SCC(=O)NCC(=O)N3CCCC3)n2CC2CCCO2)CC1. The zero-order chi connectivity index (χ0) is 21.6. The normalized spacial score (nSPS) is 22.3. The average Bonchev–Trinajstić information content (AvgIpc) is 3.54. The molecule has 0 bridgehead atoms. The van der Waals surface area contributed by atoms with Crippen LogP contribution in [0.1, 0.15) is 45.4 Å². The van der Waals surface area contributed by atoms with Crippen LogP contribution in [0.15, 0.2) is 5.16 Å². The van der Waals surface area contributed by atoms with E-state index in [9.17, 15) is 9.59 Å². The van der Waals surface area contributed by atoms with Gasteiger partial charge in [-0.15, -0.1) is 10.2 Å². The topological polar surface area (TPSA) is 92.6 Å². The van der Waals surface area contributed by atoms with E-state index in [1.54, 1.807) is 0 Å². The number of hydrogen-bond acceptors (Lipinski definition) is 7. The molecule has 3 aliphatic rings. The number of carbonyl (C=O) groups excluding carboxylic acids is 2. The summed E-state index contributed by atoms with van der Waals surface area (Å²) in [6.07, 6.45) is 6.70. The van der Waals surface area contributed by atoms with Crippen molar-refractivity contribution >= 4 is 29.5 Å². The lowest BCUT2D eigenvalue weighted by molar-refractivity contribution is -0.131. The number of anilines is 1. The van der Waals surface area contributed by atoms with Crippen LogP contribution in [0, 0.1) is 5.92 Å². The number of thioether (sulfide) groups is 1. The maximum absolute atomic E-state index is 12.3. The third kappa shape index (κ3) is 5.91. The van der Waals surface area contributed by atoms with Gasteiger partial charge >= 0.3 is 0 Å². The van der Waals surface area contributed by atoms with Crippen molar-refractivity contribution in [1.29, 1.82) is 0 Å². The van der Waals surface area contributed by atoms with Gasteiger partial charge in [0.05, 0.1) is 24.9 Å². The van der Waals surface area contributed by atoms with Crippen LogP contribution in [0.5, 0.6) is 0 Å². The van der Waals surface area contributed by atoms with E-state index in [1.807, 2.05) is 4.90 Å². The summed E-state index contributed by atoms with van der Waals surface area (Å²) in [5, 5.41) is 12.4. The minimum absolute atomic E-state index is 0.000915. The first-order chi connectivity index (χ1) is 15.1. The largest absolute Gasteiger partial charge is 0.376 e. The second-order valence-corrected chi connectivity index (χ2v) is 9.79. The number of nitrogens with one attached hydrogen (secondary N) is 1. The second kappa shape index (κ2) is 10.7. The quantitative estimate of drug-likeness (QED) is 0.601. The summed E-state index contributed by atoms with van der Waals surface area (Å²) in [4.78, 5) is 28.6. The van der Waals surface area contributed by atoms with E-state index in [0.29, 0.717) is 6.54 Å². The molecule has 3 saturated heterocycles. The van der Waals surface area contributed by atoms with Gasteiger partial charge in [-0.1, -0.05) is 18.7 Å². The number of ether oxygens (including phenoxy) is 1. The Kier molecular flexibility index (Phi) is 7.71. The molecule has 4 rings (SSSR count). The first-order valence-electron chi connectivity index (χ1n) is 11.6. The molecule has 2 amide bonds. The predicted molar refractivity (Wildman–Crippen MR) is 119 cm³/mol. The van der Waals surface area contributed by atoms with E-state index in [2.05, 4.69) is 31.9 Å². The summed E-state index contributed by atoms with van der Waals surface area (Å²) in [5.41, 5.74) is 0. The highest BCUT2D eigenvalue weighted by atomic mass is 32.2. The van der Waals surface area contributed by atoms with Crippen molar-refractivity contribution in [2.24, 2.45) is 5.92 Å². The van der Waals surface area contributed by atoms with Gasteiger partial charge in [-0.05, 0) is 44.4 Å². The van der Waals surface area contributed by atoms with Crippen molar-refractivity contribution in [3.8, 4) is 0 Å². The van der Waals surface area contributed by atoms with E-state index in [0.717, 1.165) is 88.3 Å². The van der Waals surface area contributed by atoms with E-state index in [4.69, 9.17) is 4.74 Å². The van der Waals surface area contributed by atoms with Crippen LogP contribution < -0.4 is 10.2 Å². The molecular weight excluding hydrogens is 416 g/mol. The van der Waals surface area contributed by atoms with Crippen LogP contribution in [-0.4, -0.2) is 82.7 Å². The number of amides is 2. The van der Waals surface area contributed by atoms with E-state index in [1.165, 1.54) is 11.8 Å². The Labute approximate surface area is 188 Å². The van der Waals surface area contributed by atoms with Gasteiger partial charge in [0.2, 0.25) is 17.8 Å². The molecule has 10 heteroatoms. The Balaban J connectivity index is 1.35. The first-order valence-corrected chi connectivity index (χ1v) is 12.6. The molecule has 0 saturated carbocycles. The second-order valence-electron chi connectivity index (χ2n) is 8.85. The van der Waals surface area contributed by atoms with Gasteiger partial charge in [-0.2, -0.15) is 0 Å². The number of carbonyl (C=O) groups is 2. The minimum Gasteiger partial charge on any atom is -0.376 e. The fourth-order valence-electron chi connectivity index (χ4n) is 4.42. The molecule has 0 radical (unpaired) electrons. The van der Waals surface area contributed by atoms with Gasteiger partial charge in [0.15, 0.2) is 5.16 Å². The number of piperidine rings is 1. The van der Waals surface area contributed by atoms with Crippen LogP contribution >= 0.6 is 11.8 Å². The number of likely N-dealkylation sites (tertiary alicyclic amines) is 1. The zero-order valence-electron chi connectivity index (χ0n) is 18.4. The highest BCUT2D eigenvalue weighted by molar-refractivity contribution is 7.99. The molecule has 9 nitrogen and oxygen atoms in total. The van der Waals surface area contributed by atoms with Gasteiger partial charge in [0.1, 0.15) is 0 Å². The van der Waals surface area contributed by atoms with Gasteiger partial charge in [0, 0.05) is 32.8 Å². The number of nitrogens with zero attached hydrogens (tertiary/aromatic N) is 5. The molecule has 0 aliphatic carbocycles. The Morgan fingerprint density at radius 1 is 1.10 bits per heavy atom. The average molecular weight is 451 g/mol. The molecule has 3 fully saturated rings. The van der Waals surface area contributed by atoms with Crippen LogP contribution in [0.4, 0.5) is 5.95 Å². The summed E-state index contributed by atoms with van der Waals surface area (Å²) < 4.78 is 7.98. The van der Waals surface area contributed by atoms with E-state index < -0.39 is 0 Å².